The Hall–Kier alpha value is -1.61. The van der Waals surface area contributed by atoms with Crippen LogP contribution in [0.15, 0.2) is 29.8 Å². The van der Waals surface area contributed by atoms with E-state index in [-0.39, 0.29) is 17.7 Å². The summed E-state index contributed by atoms with van der Waals surface area (Å²) in [6, 6.07) is 5.29. The van der Waals surface area contributed by atoms with Crippen LogP contribution in [0.25, 0.3) is 0 Å². The lowest BCUT2D eigenvalue weighted by Crippen LogP contribution is -2.30. The zero-order valence-corrected chi connectivity index (χ0v) is 11.4. The number of amides is 2. The second kappa shape index (κ2) is 4.49. The molecule has 1 atom stereocenters. The average molecular weight is 276 g/mol. The lowest BCUT2D eigenvalue weighted by atomic mass is 9.90. The van der Waals surface area contributed by atoms with Crippen molar-refractivity contribution in [3.05, 3.63) is 40.4 Å². The molecule has 1 heterocycles. The predicted molar refractivity (Wildman–Crippen MR) is 74.1 cm³/mol. The third-order valence-corrected chi connectivity index (χ3v) is 4.23. The predicted octanol–water partition coefficient (Wildman–Crippen LogP) is 3.25. The number of hydrogen-bond donors (Lipinski definition) is 0. The zero-order chi connectivity index (χ0) is 13.6. The summed E-state index contributed by atoms with van der Waals surface area (Å²) in [5.74, 6) is -0.549. The second-order valence-corrected chi connectivity index (χ2v) is 5.46. The van der Waals surface area contributed by atoms with Gasteiger partial charge in [-0.25, -0.2) is 4.90 Å². The molecule has 2 aliphatic rings. The van der Waals surface area contributed by atoms with E-state index in [1.54, 1.807) is 12.1 Å². The van der Waals surface area contributed by atoms with Crippen LogP contribution in [0.5, 0.6) is 0 Å². The Labute approximate surface area is 116 Å². The number of allylic oxidation sites excluding steroid dienone is 1. The van der Waals surface area contributed by atoms with Crippen LogP contribution in [0.3, 0.4) is 0 Å². The summed E-state index contributed by atoms with van der Waals surface area (Å²) in [7, 11) is 0. The standard InChI is InChI=1S/C15H14ClNO2/c1-9-6-7-10(8-13(9)16)17-14(18)11-4-2-3-5-12(11)15(17)19/h4,6-8,12H,2-3,5H2,1H3. The minimum Gasteiger partial charge on any atom is -0.273 e. The first-order chi connectivity index (χ1) is 9.09. The highest BCUT2D eigenvalue weighted by Crippen LogP contribution is 2.37. The molecule has 98 valence electrons. The Morgan fingerprint density at radius 2 is 2.11 bits per heavy atom. The molecule has 1 unspecified atom stereocenters. The van der Waals surface area contributed by atoms with Gasteiger partial charge in [0, 0.05) is 10.6 Å². The van der Waals surface area contributed by atoms with E-state index in [4.69, 9.17) is 11.6 Å². The highest BCUT2D eigenvalue weighted by Gasteiger charge is 2.44. The summed E-state index contributed by atoms with van der Waals surface area (Å²) in [4.78, 5) is 26.0. The van der Waals surface area contributed by atoms with Crippen molar-refractivity contribution in [2.45, 2.75) is 26.2 Å². The number of rotatable bonds is 1. The molecule has 0 spiro atoms. The van der Waals surface area contributed by atoms with Gasteiger partial charge in [0.25, 0.3) is 5.91 Å². The maximum absolute atomic E-state index is 12.4. The van der Waals surface area contributed by atoms with Gasteiger partial charge in [-0.15, -0.1) is 0 Å². The summed E-state index contributed by atoms with van der Waals surface area (Å²) in [6.07, 6.45) is 4.53. The van der Waals surface area contributed by atoms with E-state index in [0.29, 0.717) is 16.3 Å². The molecule has 0 radical (unpaired) electrons. The molecule has 0 aromatic heterocycles. The lowest BCUT2D eigenvalue weighted by Gasteiger charge is -2.15. The van der Waals surface area contributed by atoms with Crippen molar-refractivity contribution in [2.75, 3.05) is 4.90 Å². The van der Waals surface area contributed by atoms with Crippen molar-refractivity contribution >= 4 is 29.1 Å². The highest BCUT2D eigenvalue weighted by molar-refractivity contribution is 6.33. The molecule has 0 bridgehead atoms. The molecule has 1 aliphatic carbocycles. The fourth-order valence-electron chi connectivity index (χ4n) is 2.72. The molecule has 1 aliphatic heterocycles. The number of aryl methyl sites for hydroxylation is 1. The van der Waals surface area contributed by atoms with E-state index in [2.05, 4.69) is 0 Å². The van der Waals surface area contributed by atoms with Crippen LogP contribution in [0, 0.1) is 12.8 Å². The third kappa shape index (κ3) is 1.89. The molecule has 1 aromatic carbocycles. The Balaban J connectivity index is 2.03. The largest absolute Gasteiger partial charge is 0.273 e. The van der Waals surface area contributed by atoms with Gasteiger partial charge in [-0.2, -0.15) is 0 Å². The lowest BCUT2D eigenvalue weighted by molar-refractivity contribution is -0.122. The number of hydrogen-bond acceptors (Lipinski definition) is 2. The van der Waals surface area contributed by atoms with Crippen LogP contribution >= 0.6 is 11.6 Å². The molecular formula is C15H14ClNO2. The third-order valence-electron chi connectivity index (χ3n) is 3.82. The molecular weight excluding hydrogens is 262 g/mol. The van der Waals surface area contributed by atoms with Gasteiger partial charge in [0.15, 0.2) is 0 Å². The number of halogens is 1. The van der Waals surface area contributed by atoms with Gasteiger partial charge >= 0.3 is 0 Å². The van der Waals surface area contributed by atoms with Crippen LogP contribution in [0.1, 0.15) is 24.8 Å². The fraction of sp³-hybridized carbons (Fsp3) is 0.333. The van der Waals surface area contributed by atoms with Crippen LogP contribution in [0.4, 0.5) is 5.69 Å². The summed E-state index contributed by atoms with van der Waals surface area (Å²) < 4.78 is 0. The minimum absolute atomic E-state index is 0.115. The molecule has 4 heteroatoms. The first kappa shape index (κ1) is 12.4. The van der Waals surface area contributed by atoms with Crippen LogP contribution in [-0.4, -0.2) is 11.8 Å². The van der Waals surface area contributed by atoms with E-state index in [1.165, 1.54) is 4.90 Å². The van der Waals surface area contributed by atoms with Gasteiger partial charge in [-0.1, -0.05) is 23.7 Å². The van der Waals surface area contributed by atoms with Crippen molar-refractivity contribution in [1.29, 1.82) is 0 Å². The van der Waals surface area contributed by atoms with Crippen molar-refractivity contribution < 1.29 is 9.59 Å². The quantitative estimate of drug-likeness (QED) is 0.738. The number of imide groups is 1. The van der Waals surface area contributed by atoms with Gasteiger partial charge in [-0.3, -0.25) is 9.59 Å². The Morgan fingerprint density at radius 3 is 2.79 bits per heavy atom. The van der Waals surface area contributed by atoms with Gasteiger partial charge in [0.1, 0.15) is 0 Å². The van der Waals surface area contributed by atoms with Gasteiger partial charge < -0.3 is 0 Å². The number of carbonyl (C=O) groups excluding carboxylic acids is 2. The molecule has 1 saturated heterocycles. The molecule has 3 rings (SSSR count). The monoisotopic (exact) mass is 275 g/mol. The molecule has 19 heavy (non-hydrogen) atoms. The Bertz CT molecular complexity index is 606. The van der Waals surface area contributed by atoms with E-state index in [0.717, 1.165) is 24.8 Å². The summed E-state index contributed by atoms with van der Waals surface area (Å²) in [5, 5.41) is 0.571. The van der Waals surface area contributed by atoms with E-state index < -0.39 is 0 Å². The minimum atomic E-state index is -0.249. The van der Waals surface area contributed by atoms with Crippen molar-refractivity contribution in [2.24, 2.45) is 5.92 Å². The first-order valence-corrected chi connectivity index (χ1v) is 6.82. The van der Waals surface area contributed by atoms with E-state index in [1.807, 2.05) is 19.1 Å². The van der Waals surface area contributed by atoms with Crippen LogP contribution < -0.4 is 4.90 Å². The molecule has 0 saturated carbocycles. The summed E-state index contributed by atoms with van der Waals surface area (Å²) in [6.45, 7) is 1.89. The zero-order valence-electron chi connectivity index (χ0n) is 10.6. The maximum atomic E-state index is 12.4. The molecule has 2 amide bonds. The van der Waals surface area contributed by atoms with Crippen molar-refractivity contribution in [3.8, 4) is 0 Å². The topological polar surface area (TPSA) is 37.4 Å². The average Bonchev–Trinajstić information content (AvgIpc) is 2.66. The fourth-order valence-corrected chi connectivity index (χ4v) is 2.90. The van der Waals surface area contributed by atoms with Crippen molar-refractivity contribution in [1.82, 2.24) is 0 Å². The molecule has 0 N–H and O–H groups in total. The SMILES string of the molecule is Cc1ccc(N2C(=O)C3=CCCCC3C2=O)cc1Cl. The smallest absolute Gasteiger partial charge is 0.261 e. The summed E-state index contributed by atoms with van der Waals surface area (Å²) >= 11 is 6.08. The highest BCUT2D eigenvalue weighted by atomic mass is 35.5. The number of carbonyl (C=O) groups is 2. The van der Waals surface area contributed by atoms with Crippen LogP contribution in [0.2, 0.25) is 5.02 Å². The number of benzene rings is 1. The Kier molecular flexibility index (Phi) is 2.94. The normalized spacial score (nSPS) is 22.5. The maximum Gasteiger partial charge on any atom is 0.261 e. The molecule has 1 fully saturated rings. The van der Waals surface area contributed by atoms with E-state index in [9.17, 15) is 9.59 Å². The Morgan fingerprint density at radius 1 is 1.32 bits per heavy atom. The number of anilines is 1. The van der Waals surface area contributed by atoms with E-state index >= 15 is 0 Å². The van der Waals surface area contributed by atoms with Crippen molar-refractivity contribution in [3.63, 3.8) is 0 Å². The van der Waals surface area contributed by atoms with Gasteiger partial charge in [-0.05, 0) is 43.9 Å². The molecule has 1 aromatic rings. The number of fused-ring (bicyclic) bond motifs is 1. The van der Waals surface area contributed by atoms with Gasteiger partial charge in [0.05, 0.1) is 11.6 Å². The summed E-state index contributed by atoms with van der Waals surface area (Å²) in [5.41, 5.74) is 2.16. The molecule has 3 nitrogen and oxygen atoms in total. The van der Waals surface area contributed by atoms with Crippen LogP contribution in [-0.2, 0) is 9.59 Å². The first-order valence-electron chi connectivity index (χ1n) is 6.44. The number of nitrogens with zero attached hydrogens (tertiary/aromatic N) is 1. The second-order valence-electron chi connectivity index (χ2n) is 5.06. The van der Waals surface area contributed by atoms with Gasteiger partial charge in [0.2, 0.25) is 5.91 Å².